The van der Waals surface area contributed by atoms with Crippen LogP contribution in [-0.4, -0.2) is 20.3 Å². The predicted octanol–water partition coefficient (Wildman–Crippen LogP) is 3.53. The number of halogens is 1. The van der Waals surface area contributed by atoms with Crippen molar-refractivity contribution in [3.05, 3.63) is 77.4 Å². The van der Waals surface area contributed by atoms with E-state index in [1.54, 1.807) is 40.5 Å². The lowest BCUT2D eigenvalue weighted by Crippen LogP contribution is -2.23. The summed E-state index contributed by atoms with van der Waals surface area (Å²) in [5.41, 5.74) is 3.01. The molecule has 0 aliphatic rings. The van der Waals surface area contributed by atoms with Gasteiger partial charge >= 0.3 is 0 Å². The smallest absolute Gasteiger partial charge is 0.269 e. The summed E-state index contributed by atoms with van der Waals surface area (Å²) in [5, 5.41) is 4.67. The fourth-order valence-electron chi connectivity index (χ4n) is 2.48. The van der Waals surface area contributed by atoms with Gasteiger partial charge in [0.05, 0.1) is 5.69 Å². The maximum absolute atomic E-state index is 13.1. The second kappa shape index (κ2) is 6.45. The van der Waals surface area contributed by atoms with Gasteiger partial charge in [-0.1, -0.05) is 0 Å². The van der Waals surface area contributed by atoms with Gasteiger partial charge in [0.15, 0.2) is 4.96 Å². The highest BCUT2D eigenvalue weighted by Crippen LogP contribution is 2.24. The summed E-state index contributed by atoms with van der Waals surface area (Å²) in [6.45, 7) is 0.429. The average molecular weight is 352 g/mol. The minimum atomic E-state index is -0.291. The van der Waals surface area contributed by atoms with Crippen molar-refractivity contribution in [2.75, 3.05) is 0 Å². The zero-order valence-corrected chi connectivity index (χ0v) is 13.8. The quantitative estimate of drug-likeness (QED) is 0.611. The van der Waals surface area contributed by atoms with Crippen LogP contribution in [0.4, 0.5) is 4.39 Å². The van der Waals surface area contributed by atoms with Gasteiger partial charge in [0.2, 0.25) is 0 Å². The van der Waals surface area contributed by atoms with Crippen molar-refractivity contribution >= 4 is 22.2 Å². The Bertz CT molecular complexity index is 1020. The van der Waals surface area contributed by atoms with Crippen molar-refractivity contribution in [2.45, 2.75) is 6.54 Å². The zero-order chi connectivity index (χ0) is 17.2. The molecule has 3 heterocycles. The third-order valence-electron chi connectivity index (χ3n) is 3.78. The molecule has 1 N–H and O–H groups in total. The zero-order valence-electron chi connectivity index (χ0n) is 13.0. The Morgan fingerprint density at radius 3 is 2.68 bits per heavy atom. The number of benzene rings is 1. The molecule has 3 aromatic heterocycles. The largest absolute Gasteiger partial charge is 0.347 e. The third-order valence-corrected chi connectivity index (χ3v) is 4.62. The number of nitrogens with one attached hydrogen (secondary N) is 1. The molecule has 0 saturated heterocycles. The number of thiazole rings is 1. The van der Waals surface area contributed by atoms with Crippen molar-refractivity contribution in [1.82, 2.24) is 19.7 Å². The van der Waals surface area contributed by atoms with Crippen LogP contribution in [0, 0.1) is 5.82 Å². The highest BCUT2D eigenvalue weighted by atomic mass is 32.1. The van der Waals surface area contributed by atoms with E-state index in [4.69, 9.17) is 0 Å². The molecule has 124 valence electrons. The van der Waals surface area contributed by atoms with Crippen LogP contribution >= 0.6 is 11.3 Å². The van der Waals surface area contributed by atoms with Crippen LogP contribution in [0.25, 0.3) is 16.2 Å². The highest BCUT2D eigenvalue weighted by Gasteiger charge is 2.15. The number of hydrogen-bond acceptors (Lipinski definition) is 4. The van der Waals surface area contributed by atoms with Crippen LogP contribution in [-0.2, 0) is 6.54 Å². The Hall–Kier alpha value is -3.06. The standard InChI is InChI=1S/C18H13FN4OS/c19-14-3-1-13(2-4-14)15-10-23-16(11-25-18(23)22-15)17(24)21-9-12-5-7-20-8-6-12/h1-8,10-11H,9H2,(H,21,24). The van der Waals surface area contributed by atoms with Gasteiger partial charge in [-0.15, -0.1) is 11.3 Å². The summed E-state index contributed by atoms with van der Waals surface area (Å²) < 4.78 is 14.8. The van der Waals surface area contributed by atoms with E-state index in [1.807, 2.05) is 12.1 Å². The van der Waals surface area contributed by atoms with Gasteiger partial charge in [-0.05, 0) is 42.0 Å². The first-order valence-corrected chi connectivity index (χ1v) is 8.48. The number of aromatic nitrogens is 3. The van der Waals surface area contributed by atoms with E-state index in [1.165, 1.54) is 23.5 Å². The molecule has 0 spiro atoms. The molecule has 4 rings (SSSR count). The maximum atomic E-state index is 13.1. The Morgan fingerprint density at radius 2 is 1.92 bits per heavy atom. The van der Waals surface area contributed by atoms with Crippen molar-refractivity contribution in [3.63, 3.8) is 0 Å². The normalized spacial score (nSPS) is 10.9. The number of imidazole rings is 1. The van der Waals surface area contributed by atoms with E-state index in [-0.39, 0.29) is 11.7 Å². The average Bonchev–Trinajstić information content (AvgIpc) is 3.22. The number of amides is 1. The van der Waals surface area contributed by atoms with Gasteiger partial charge in [0, 0.05) is 36.1 Å². The summed E-state index contributed by atoms with van der Waals surface area (Å²) >= 11 is 1.39. The molecule has 7 heteroatoms. The summed E-state index contributed by atoms with van der Waals surface area (Å²) in [7, 11) is 0. The van der Waals surface area contributed by atoms with Crippen LogP contribution in [0.5, 0.6) is 0 Å². The molecule has 4 aromatic rings. The van der Waals surface area contributed by atoms with Crippen LogP contribution in [0.15, 0.2) is 60.4 Å². The molecule has 0 aliphatic carbocycles. The molecular weight excluding hydrogens is 339 g/mol. The molecule has 0 atom stereocenters. The minimum absolute atomic E-state index is 0.175. The Kier molecular flexibility index (Phi) is 3.99. The van der Waals surface area contributed by atoms with Crippen molar-refractivity contribution < 1.29 is 9.18 Å². The molecule has 1 amide bonds. The molecule has 0 unspecified atom stereocenters. The van der Waals surface area contributed by atoms with Crippen LogP contribution < -0.4 is 5.32 Å². The lowest BCUT2D eigenvalue weighted by atomic mass is 10.2. The van der Waals surface area contributed by atoms with E-state index in [0.29, 0.717) is 22.9 Å². The van der Waals surface area contributed by atoms with Gasteiger partial charge in [-0.2, -0.15) is 0 Å². The number of fused-ring (bicyclic) bond motifs is 1. The Morgan fingerprint density at radius 1 is 1.16 bits per heavy atom. The molecule has 5 nitrogen and oxygen atoms in total. The fourth-order valence-corrected chi connectivity index (χ4v) is 3.33. The number of rotatable bonds is 4. The number of pyridine rings is 1. The number of hydrogen-bond donors (Lipinski definition) is 1. The first kappa shape index (κ1) is 15.5. The first-order valence-electron chi connectivity index (χ1n) is 7.60. The van der Waals surface area contributed by atoms with Crippen molar-refractivity contribution in [2.24, 2.45) is 0 Å². The molecule has 0 fully saturated rings. The van der Waals surface area contributed by atoms with Crippen molar-refractivity contribution in [1.29, 1.82) is 0 Å². The molecule has 25 heavy (non-hydrogen) atoms. The number of carbonyl (C=O) groups excluding carboxylic acids is 1. The monoisotopic (exact) mass is 352 g/mol. The topological polar surface area (TPSA) is 59.3 Å². The van der Waals surface area contributed by atoms with Gasteiger partial charge in [0.1, 0.15) is 11.5 Å². The third kappa shape index (κ3) is 3.14. The Labute approximate surface area is 146 Å². The van der Waals surface area contributed by atoms with Crippen LogP contribution in [0.3, 0.4) is 0 Å². The van der Waals surface area contributed by atoms with Crippen LogP contribution in [0.1, 0.15) is 16.1 Å². The second-order valence-electron chi connectivity index (χ2n) is 5.44. The number of carbonyl (C=O) groups is 1. The molecule has 1 aromatic carbocycles. The second-order valence-corrected chi connectivity index (χ2v) is 6.28. The lowest BCUT2D eigenvalue weighted by Gasteiger charge is -2.04. The minimum Gasteiger partial charge on any atom is -0.347 e. The fraction of sp³-hybridized carbons (Fsp3) is 0.0556. The Balaban J connectivity index is 1.57. The van der Waals surface area contributed by atoms with Gasteiger partial charge in [-0.3, -0.25) is 14.2 Å². The van der Waals surface area contributed by atoms with E-state index < -0.39 is 0 Å². The maximum Gasteiger partial charge on any atom is 0.269 e. The van der Waals surface area contributed by atoms with E-state index in [0.717, 1.165) is 11.1 Å². The van der Waals surface area contributed by atoms with Gasteiger partial charge in [-0.25, -0.2) is 9.37 Å². The highest BCUT2D eigenvalue weighted by molar-refractivity contribution is 7.15. The summed E-state index contributed by atoms with van der Waals surface area (Å²) in [4.78, 5) is 21.6. The SMILES string of the molecule is O=C(NCc1ccncc1)c1csc2nc(-c3ccc(F)cc3)cn12. The van der Waals surface area contributed by atoms with Gasteiger partial charge in [0.25, 0.3) is 5.91 Å². The summed E-state index contributed by atoms with van der Waals surface area (Å²) in [5.74, 6) is -0.466. The van der Waals surface area contributed by atoms with Crippen LogP contribution in [0.2, 0.25) is 0 Å². The molecular formula is C18H13FN4OS. The van der Waals surface area contributed by atoms with Gasteiger partial charge < -0.3 is 5.32 Å². The van der Waals surface area contributed by atoms with E-state index >= 15 is 0 Å². The van der Waals surface area contributed by atoms with E-state index in [2.05, 4.69) is 15.3 Å². The van der Waals surface area contributed by atoms with Crippen molar-refractivity contribution in [3.8, 4) is 11.3 Å². The molecule has 0 saturated carbocycles. The first-order chi connectivity index (χ1) is 12.2. The predicted molar refractivity (Wildman–Crippen MR) is 93.9 cm³/mol. The summed E-state index contributed by atoms with van der Waals surface area (Å²) in [6, 6.07) is 9.84. The number of nitrogens with zero attached hydrogens (tertiary/aromatic N) is 3. The summed E-state index contributed by atoms with van der Waals surface area (Å²) in [6.07, 6.45) is 5.17. The van der Waals surface area contributed by atoms with E-state index in [9.17, 15) is 9.18 Å². The molecule has 0 radical (unpaired) electrons. The molecule has 0 aliphatic heterocycles. The molecule has 0 bridgehead atoms. The lowest BCUT2D eigenvalue weighted by molar-refractivity contribution is 0.0945.